The van der Waals surface area contributed by atoms with Crippen LogP contribution >= 0.6 is 11.8 Å². The lowest BCUT2D eigenvalue weighted by atomic mass is 9.94. The van der Waals surface area contributed by atoms with E-state index in [1.54, 1.807) is 22.6 Å². The van der Waals surface area contributed by atoms with Gasteiger partial charge in [-0.1, -0.05) is 43.8 Å². The van der Waals surface area contributed by atoms with Crippen LogP contribution in [0, 0.1) is 11.8 Å². The van der Waals surface area contributed by atoms with Gasteiger partial charge in [0, 0.05) is 34.5 Å². The molecule has 0 radical (unpaired) electrons. The summed E-state index contributed by atoms with van der Waals surface area (Å²) in [5.74, 6) is 0.635. The molecule has 1 fully saturated rings. The number of rotatable bonds is 4. The molecule has 160 valence electrons. The molecule has 1 saturated heterocycles. The summed E-state index contributed by atoms with van der Waals surface area (Å²) in [7, 11) is -3.70. The molecule has 0 amide bonds. The molecular weight excluding hydrogens is 432 g/mol. The van der Waals surface area contributed by atoms with E-state index < -0.39 is 10.0 Å². The average molecular weight is 455 g/mol. The second-order valence-corrected chi connectivity index (χ2v) is 11.2. The van der Waals surface area contributed by atoms with Crippen molar-refractivity contribution in [2.24, 2.45) is 11.8 Å². The lowest BCUT2D eigenvalue weighted by Gasteiger charge is -2.34. The molecule has 0 N–H and O–H groups in total. The summed E-state index contributed by atoms with van der Waals surface area (Å²) < 4.78 is 33.4. The Morgan fingerprint density at radius 3 is 2.45 bits per heavy atom. The first-order valence-corrected chi connectivity index (χ1v) is 12.5. The van der Waals surface area contributed by atoms with Gasteiger partial charge in [0.15, 0.2) is 11.0 Å². The molecule has 0 saturated carbocycles. The maximum Gasteiger partial charge on any atom is 0.245 e. The third kappa shape index (κ3) is 3.71. The number of nitrogens with zero attached hydrogens (tertiary/aromatic N) is 4. The van der Waals surface area contributed by atoms with E-state index in [1.165, 1.54) is 11.8 Å². The summed E-state index contributed by atoms with van der Waals surface area (Å²) in [6.07, 6.45) is 2.79. The van der Waals surface area contributed by atoms with Gasteiger partial charge in [0.25, 0.3) is 0 Å². The van der Waals surface area contributed by atoms with Crippen molar-refractivity contribution < 1.29 is 13.0 Å². The summed E-state index contributed by atoms with van der Waals surface area (Å²) in [6.45, 7) is 5.20. The fraction of sp³-hybridized carbons (Fsp3) is 0.318. The van der Waals surface area contributed by atoms with E-state index >= 15 is 0 Å². The minimum Gasteiger partial charge on any atom is -0.255 e. The van der Waals surface area contributed by atoms with Gasteiger partial charge in [0.2, 0.25) is 10.0 Å². The van der Waals surface area contributed by atoms with Crippen molar-refractivity contribution in [2.75, 3.05) is 13.1 Å². The van der Waals surface area contributed by atoms with Crippen molar-refractivity contribution in [3.63, 3.8) is 0 Å². The van der Waals surface area contributed by atoms with Gasteiger partial charge >= 0.3 is 0 Å². The van der Waals surface area contributed by atoms with Crippen LogP contribution in [0.3, 0.4) is 0 Å². The van der Waals surface area contributed by atoms with Crippen LogP contribution < -0.4 is 0 Å². The van der Waals surface area contributed by atoms with Crippen LogP contribution in [0.15, 0.2) is 68.0 Å². The predicted molar refractivity (Wildman–Crippen MR) is 119 cm³/mol. The van der Waals surface area contributed by atoms with E-state index in [4.69, 9.17) is 4.63 Å². The van der Waals surface area contributed by atoms with Crippen LogP contribution in [0.5, 0.6) is 0 Å². The zero-order chi connectivity index (χ0) is 21.6. The molecule has 4 aromatic rings. The van der Waals surface area contributed by atoms with Crippen molar-refractivity contribution in [2.45, 2.75) is 35.0 Å². The Kier molecular flexibility index (Phi) is 5.19. The first-order valence-electron chi connectivity index (χ1n) is 10.2. The number of aromatic nitrogens is 3. The summed E-state index contributed by atoms with van der Waals surface area (Å²) in [5, 5.41) is 9.03. The van der Waals surface area contributed by atoms with Crippen molar-refractivity contribution in [3.05, 3.63) is 48.7 Å². The average Bonchev–Trinajstić information content (AvgIpc) is 3.23. The third-order valence-electron chi connectivity index (χ3n) is 5.61. The second-order valence-electron chi connectivity index (χ2n) is 8.22. The highest BCUT2D eigenvalue weighted by atomic mass is 32.2. The van der Waals surface area contributed by atoms with Gasteiger partial charge in [-0.05, 0) is 52.8 Å². The lowest BCUT2D eigenvalue weighted by molar-refractivity contribution is 0.222. The van der Waals surface area contributed by atoms with Gasteiger partial charge in [0.05, 0.1) is 5.52 Å². The molecule has 3 heterocycles. The Morgan fingerprint density at radius 1 is 0.935 bits per heavy atom. The normalized spacial score (nSPS) is 20.5. The van der Waals surface area contributed by atoms with Gasteiger partial charge in [-0.15, -0.1) is 0 Å². The van der Waals surface area contributed by atoms with Crippen molar-refractivity contribution in [3.8, 4) is 0 Å². The minimum absolute atomic E-state index is 0.144. The Bertz CT molecular complexity index is 1350. The Morgan fingerprint density at radius 2 is 1.65 bits per heavy atom. The topological polar surface area (TPSA) is 89.2 Å². The number of benzene rings is 2. The SMILES string of the molecule is CC1CC(C)CN(S(=O)(=O)c2ccc(Sc3cccc4cccnc34)c3nonc23)C1. The highest BCUT2D eigenvalue weighted by molar-refractivity contribution is 7.99. The Hall–Kier alpha value is -2.49. The third-order valence-corrected chi connectivity index (χ3v) is 8.57. The van der Waals surface area contributed by atoms with Gasteiger partial charge in [-0.3, -0.25) is 4.98 Å². The molecule has 1 aliphatic rings. The second kappa shape index (κ2) is 7.89. The molecule has 5 rings (SSSR count). The van der Waals surface area contributed by atoms with Gasteiger partial charge in [-0.25, -0.2) is 13.0 Å². The van der Waals surface area contributed by atoms with E-state index in [0.29, 0.717) is 30.4 Å². The highest BCUT2D eigenvalue weighted by Crippen LogP contribution is 2.38. The predicted octanol–water partition coefficient (Wildman–Crippen LogP) is 4.59. The van der Waals surface area contributed by atoms with Crippen LogP contribution in [-0.4, -0.2) is 41.1 Å². The summed E-state index contributed by atoms with van der Waals surface area (Å²) in [6, 6.07) is 13.3. The molecule has 0 spiro atoms. The molecule has 2 aromatic carbocycles. The van der Waals surface area contributed by atoms with Crippen LogP contribution in [0.4, 0.5) is 0 Å². The van der Waals surface area contributed by atoms with E-state index in [1.807, 2.05) is 30.3 Å². The summed E-state index contributed by atoms with van der Waals surface area (Å²) >= 11 is 1.47. The Balaban J connectivity index is 1.55. The zero-order valence-electron chi connectivity index (χ0n) is 17.2. The minimum atomic E-state index is -3.70. The summed E-state index contributed by atoms with van der Waals surface area (Å²) in [5.41, 5.74) is 1.59. The van der Waals surface area contributed by atoms with Crippen molar-refractivity contribution in [1.82, 2.24) is 19.6 Å². The van der Waals surface area contributed by atoms with Crippen LogP contribution in [0.25, 0.3) is 21.9 Å². The lowest BCUT2D eigenvalue weighted by Crippen LogP contribution is -2.42. The fourth-order valence-corrected chi connectivity index (χ4v) is 7.15. The number of piperidine rings is 1. The standard InChI is InChI=1S/C22H22N4O3S2/c1-14-11-15(2)13-26(12-14)31(27,28)19-9-8-18(21-22(19)25-29-24-21)30-17-7-3-5-16-6-4-10-23-20(16)17/h3-10,14-15H,11-13H2,1-2H3. The number of sulfonamides is 1. The molecule has 2 atom stereocenters. The van der Waals surface area contributed by atoms with Gasteiger partial charge < -0.3 is 0 Å². The van der Waals surface area contributed by atoms with Gasteiger partial charge in [-0.2, -0.15) is 4.31 Å². The molecule has 9 heteroatoms. The van der Waals surface area contributed by atoms with Crippen molar-refractivity contribution in [1.29, 1.82) is 0 Å². The van der Waals surface area contributed by atoms with E-state index in [-0.39, 0.29) is 10.4 Å². The van der Waals surface area contributed by atoms with Crippen LogP contribution in [0.1, 0.15) is 20.3 Å². The first kappa shape index (κ1) is 20.4. The largest absolute Gasteiger partial charge is 0.255 e. The van der Waals surface area contributed by atoms with E-state index in [2.05, 4.69) is 29.1 Å². The molecule has 0 aliphatic carbocycles. The van der Waals surface area contributed by atoms with Gasteiger partial charge in [0.1, 0.15) is 4.90 Å². The number of hydrogen-bond donors (Lipinski definition) is 0. The first-order chi connectivity index (χ1) is 14.9. The van der Waals surface area contributed by atoms with Crippen LogP contribution in [-0.2, 0) is 10.0 Å². The molecule has 7 nitrogen and oxygen atoms in total. The van der Waals surface area contributed by atoms with E-state index in [0.717, 1.165) is 27.1 Å². The molecular formula is C22H22N4O3S2. The summed E-state index contributed by atoms with van der Waals surface area (Å²) in [4.78, 5) is 6.37. The number of fused-ring (bicyclic) bond motifs is 2. The highest BCUT2D eigenvalue weighted by Gasteiger charge is 2.34. The Labute approximate surface area is 184 Å². The maximum atomic E-state index is 13.4. The molecule has 1 aliphatic heterocycles. The monoisotopic (exact) mass is 454 g/mol. The van der Waals surface area contributed by atoms with Crippen LogP contribution in [0.2, 0.25) is 0 Å². The maximum absolute atomic E-state index is 13.4. The fourth-order valence-electron chi connectivity index (χ4n) is 4.33. The number of hydrogen-bond acceptors (Lipinski definition) is 7. The zero-order valence-corrected chi connectivity index (χ0v) is 18.9. The number of pyridine rings is 1. The number of para-hydroxylation sites is 1. The molecule has 2 aromatic heterocycles. The molecule has 0 bridgehead atoms. The molecule has 31 heavy (non-hydrogen) atoms. The van der Waals surface area contributed by atoms with Crippen molar-refractivity contribution >= 4 is 43.7 Å². The smallest absolute Gasteiger partial charge is 0.245 e. The van der Waals surface area contributed by atoms with E-state index in [9.17, 15) is 8.42 Å². The quantitative estimate of drug-likeness (QED) is 0.445. The molecule has 2 unspecified atom stereocenters.